The van der Waals surface area contributed by atoms with Gasteiger partial charge < -0.3 is 15.4 Å². The fourth-order valence-electron chi connectivity index (χ4n) is 3.14. The van der Waals surface area contributed by atoms with Gasteiger partial charge in [0.05, 0.1) is 6.61 Å². The smallest absolute Gasteiger partial charge is 0.121 e. The summed E-state index contributed by atoms with van der Waals surface area (Å²) in [6, 6.07) is 16.4. The lowest BCUT2D eigenvalue weighted by atomic mass is 10.2. The molecule has 0 bridgehead atoms. The van der Waals surface area contributed by atoms with Gasteiger partial charge in [-0.1, -0.05) is 18.2 Å². The first-order chi connectivity index (χ1) is 11.7. The maximum atomic E-state index is 5.76. The Labute approximate surface area is 144 Å². The molecule has 1 aliphatic heterocycles. The highest BCUT2D eigenvalue weighted by Crippen LogP contribution is 2.18. The normalized spacial score (nSPS) is 15.5. The second-order valence-electron chi connectivity index (χ2n) is 6.44. The summed E-state index contributed by atoms with van der Waals surface area (Å²) in [7, 11) is 0. The van der Waals surface area contributed by atoms with Gasteiger partial charge in [0, 0.05) is 50.2 Å². The Bertz CT molecular complexity index is 651. The third kappa shape index (κ3) is 4.65. The molecule has 4 nitrogen and oxygen atoms in total. The van der Waals surface area contributed by atoms with Crippen LogP contribution in [-0.2, 0) is 0 Å². The van der Waals surface area contributed by atoms with E-state index in [-0.39, 0.29) is 0 Å². The van der Waals surface area contributed by atoms with Gasteiger partial charge in [0.25, 0.3) is 0 Å². The predicted octanol–water partition coefficient (Wildman–Crippen LogP) is 3.17. The maximum Gasteiger partial charge on any atom is 0.121 e. The lowest BCUT2D eigenvalue weighted by molar-refractivity contribution is 0.225. The van der Waals surface area contributed by atoms with Gasteiger partial charge in [-0.25, -0.2) is 0 Å². The van der Waals surface area contributed by atoms with Gasteiger partial charge in [0.2, 0.25) is 0 Å². The number of nitrogen functional groups attached to an aromatic ring is 1. The molecule has 2 aromatic rings. The largest absolute Gasteiger partial charge is 0.493 e. The molecule has 0 amide bonds. The minimum atomic E-state index is 0.738. The van der Waals surface area contributed by atoms with Crippen molar-refractivity contribution < 1.29 is 4.74 Å². The van der Waals surface area contributed by atoms with E-state index in [4.69, 9.17) is 10.5 Å². The van der Waals surface area contributed by atoms with Crippen LogP contribution < -0.4 is 15.4 Å². The molecule has 24 heavy (non-hydrogen) atoms. The summed E-state index contributed by atoms with van der Waals surface area (Å²) >= 11 is 0. The first-order valence-corrected chi connectivity index (χ1v) is 8.73. The molecule has 0 saturated carbocycles. The fraction of sp³-hybridized carbons (Fsp3) is 0.400. The Hall–Kier alpha value is -2.20. The fourth-order valence-corrected chi connectivity index (χ4v) is 3.14. The number of hydrogen-bond donors (Lipinski definition) is 1. The zero-order valence-corrected chi connectivity index (χ0v) is 14.4. The van der Waals surface area contributed by atoms with Crippen molar-refractivity contribution in [3.05, 3.63) is 54.1 Å². The van der Waals surface area contributed by atoms with Gasteiger partial charge in [-0.3, -0.25) is 4.90 Å². The molecule has 0 aromatic heterocycles. The van der Waals surface area contributed by atoms with Crippen molar-refractivity contribution in [2.45, 2.75) is 13.3 Å². The standard InChI is InChI=1S/C20H27N3O/c1-17-5-2-7-19(15-17)23-12-10-22(11-13-23)9-4-14-24-20-8-3-6-18(21)16-20/h2-3,5-8,15-16H,4,9-14,21H2,1H3. The molecule has 1 heterocycles. The van der Waals surface area contributed by atoms with Crippen molar-refractivity contribution in [1.82, 2.24) is 4.90 Å². The Balaban J connectivity index is 1.37. The number of benzene rings is 2. The molecule has 1 fully saturated rings. The Morgan fingerprint density at radius 2 is 1.79 bits per heavy atom. The molecule has 0 unspecified atom stereocenters. The van der Waals surface area contributed by atoms with Gasteiger partial charge in [-0.05, 0) is 43.2 Å². The number of piperazine rings is 1. The highest BCUT2D eigenvalue weighted by Gasteiger charge is 2.16. The van der Waals surface area contributed by atoms with Crippen molar-refractivity contribution in [1.29, 1.82) is 0 Å². The summed E-state index contributed by atoms with van der Waals surface area (Å²) in [6.07, 6.45) is 1.04. The van der Waals surface area contributed by atoms with E-state index in [9.17, 15) is 0 Å². The van der Waals surface area contributed by atoms with Gasteiger partial charge in [0.15, 0.2) is 0 Å². The van der Waals surface area contributed by atoms with Crippen molar-refractivity contribution in [2.24, 2.45) is 0 Å². The van der Waals surface area contributed by atoms with Crippen molar-refractivity contribution in [2.75, 3.05) is 50.0 Å². The molecule has 0 spiro atoms. The van der Waals surface area contributed by atoms with Crippen LogP contribution in [-0.4, -0.2) is 44.2 Å². The molecule has 1 aliphatic rings. The first-order valence-electron chi connectivity index (χ1n) is 8.73. The third-order valence-corrected chi connectivity index (χ3v) is 4.48. The van der Waals surface area contributed by atoms with Crippen LogP contribution in [0.5, 0.6) is 5.75 Å². The monoisotopic (exact) mass is 325 g/mol. The zero-order chi connectivity index (χ0) is 16.8. The van der Waals surface area contributed by atoms with Crippen LogP contribution in [0, 0.1) is 6.92 Å². The van der Waals surface area contributed by atoms with Gasteiger partial charge in [0.1, 0.15) is 5.75 Å². The molecule has 128 valence electrons. The number of anilines is 2. The average Bonchev–Trinajstić information content (AvgIpc) is 2.59. The number of ether oxygens (including phenoxy) is 1. The van der Waals surface area contributed by atoms with Crippen molar-refractivity contribution >= 4 is 11.4 Å². The van der Waals surface area contributed by atoms with Crippen molar-refractivity contribution in [3.8, 4) is 5.75 Å². The molecule has 0 aliphatic carbocycles. The molecule has 3 rings (SSSR count). The summed E-state index contributed by atoms with van der Waals surface area (Å²) in [6.45, 7) is 8.41. The van der Waals surface area contributed by atoms with E-state index >= 15 is 0 Å². The predicted molar refractivity (Wildman–Crippen MR) is 101 cm³/mol. The Kier molecular flexibility index (Phi) is 5.59. The van der Waals surface area contributed by atoms with E-state index in [1.165, 1.54) is 11.3 Å². The topological polar surface area (TPSA) is 41.7 Å². The van der Waals surface area contributed by atoms with Crippen LogP contribution >= 0.6 is 0 Å². The molecule has 0 atom stereocenters. The van der Waals surface area contributed by atoms with E-state index in [0.29, 0.717) is 0 Å². The molecule has 2 aromatic carbocycles. The molecule has 0 radical (unpaired) electrons. The van der Waals surface area contributed by atoms with Crippen LogP contribution in [0.25, 0.3) is 0 Å². The highest BCUT2D eigenvalue weighted by atomic mass is 16.5. The van der Waals surface area contributed by atoms with E-state index in [0.717, 1.165) is 57.2 Å². The maximum absolute atomic E-state index is 5.76. The van der Waals surface area contributed by atoms with Gasteiger partial charge >= 0.3 is 0 Å². The molecular weight excluding hydrogens is 298 g/mol. The van der Waals surface area contributed by atoms with Crippen molar-refractivity contribution in [3.63, 3.8) is 0 Å². The SMILES string of the molecule is Cc1cccc(N2CCN(CCCOc3cccc(N)c3)CC2)c1. The minimum absolute atomic E-state index is 0.738. The highest BCUT2D eigenvalue weighted by molar-refractivity contribution is 5.48. The van der Waals surface area contributed by atoms with E-state index in [1.807, 2.05) is 24.3 Å². The minimum Gasteiger partial charge on any atom is -0.493 e. The van der Waals surface area contributed by atoms with Crippen LogP contribution in [0.3, 0.4) is 0 Å². The van der Waals surface area contributed by atoms with Crippen LogP contribution in [0.4, 0.5) is 11.4 Å². The van der Waals surface area contributed by atoms with Crippen LogP contribution in [0.2, 0.25) is 0 Å². The number of rotatable bonds is 6. The summed E-state index contributed by atoms with van der Waals surface area (Å²) < 4.78 is 5.76. The van der Waals surface area contributed by atoms with Gasteiger partial charge in [-0.15, -0.1) is 0 Å². The molecule has 2 N–H and O–H groups in total. The zero-order valence-electron chi connectivity index (χ0n) is 14.4. The number of nitrogens with zero attached hydrogens (tertiary/aromatic N) is 2. The molecule has 1 saturated heterocycles. The van der Waals surface area contributed by atoms with E-state index in [1.54, 1.807) is 0 Å². The summed E-state index contributed by atoms with van der Waals surface area (Å²) in [5.74, 6) is 0.860. The number of hydrogen-bond acceptors (Lipinski definition) is 4. The van der Waals surface area contributed by atoms with Gasteiger partial charge in [-0.2, -0.15) is 0 Å². The Morgan fingerprint density at radius 3 is 2.54 bits per heavy atom. The summed E-state index contributed by atoms with van der Waals surface area (Å²) in [5.41, 5.74) is 9.18. The Morgan fingerprint density at radius 1 is 1.00 bits per heavy atom. The quantitative estimate of drug-likeness (QED) is 0.654. The first kappa shape index (κ1) is 16.7. The lowest BCUT2D eigenvalue weighted by Gasteiger charge is -2.36. The second kappa shape index (κ2) is 8.06. The van der Waals surface area contributed by atoms with Crippen LogP contribution in [0.15, 0.2) is 48.5 Å². The van der Waals surface area contributed by atoms with Crippen LogP contribution in [0.1, 0.15) is 12.0 Å². The lowest BCUT2D eigenvalue weighted by Crippen LogP contribution is -2.46. The summed E-state index contributed by atoms with van der Waals surface area (Å²) in [5, 5.41) is 0. The molecule has 4 heteroatoms. The molecular formula is C20H27N3O. The number of nitrogens with two attached hydrogens (primary N) is 1. The number of aryl methyl sites for hydroxylation is 1. The second-order valence-corrected chi connectivity index (χ2v) is 6.44. The summed E-state index contributed by atoms with van der Waals surface area (Å²) in [4.78, 5) is 5.00. The van der Waals surface area contributed by atoms with E-state index < -0.39 is 0 Å². The van der Waals surface area contributed by atoms with E-state index in [2.05, 4.69) is 41.0 Å². The average molecular weight is 325 g/mol. The third-order valence-electron chi connectivity index (χ3n) is 4.48.